The Morgan fingerprint density at radius 2 is 2.12 bits per heavy atom. The van der Waals surface area contributed by atoms with Gasteiger partial charge in [-0.3, -0.25) is 0 Å². The highest BCUT2D eigenvalue weighted by Crippen LogP contribution is 2.18. The second-order valence-electron chi connectivity index (χ2n) is 5.28. The van der Waals surface area contributed by atoms with E-state index in [1.54, 1.807) is 24.4 Å². The molecule has 0 aliphatic carbocycles. The molecule has 0 radical (unpaired) electrons. The zero-order valence-corrected chi connectivity index (χ0v) is 13.1. The molecule has 2 aromatic heterocycles. The average Bonchev–Trinajstić information content (AvgIpc) is 2.99. The molecule has 122 valence electrons. The molecule has 24 heavy (non-hydrogen) atoms. The van der Waals surface area contributed by atoms with Crippen LogP contribution in [0.2, 0.25) is 0 Å². The fourth-order valence-electron chi connectivity index (χ4n) is 2.23. The van der Waals surface area contributed by atoms with Crippen LogP contribution < -0.4 is 10.6 Å². The molecule has 0 bridgehead atoms. The second kappa shape index (κ2) is 6.91. The predicted octanol–water partition coefficient (Wildman–Crippen LogP) is 3.31. The van der Waals surface area contributed by atoms with Gasteiger partial charge in [-0.2, -0.15) is 4.98 Å². The molecule has 3 aromatic rings. The molecular formula is C17H17FN6. The minimum Gasteiger partial charge on any atom is -0.365 e. The summed E-state index contributed by atoms with van der Waals surface area (Å²) in [5, 5.41) is 13.6. The summed E-state index contributed by atoms with van der Waals surface area (Å²) in [5.74, 6) is 0.600. The van der Waals surface area contributed by atoms with Crippen LogP contribution in [0.5, 0.6) is 0 Å². The third-order valence-electron chi connectivity index (χ3n) is 3.46. The van der Waals surface area contributed by atoms with E-state index in [0.717, 1.165) is 11.9 Å². The van der Waals surface area contributed by atoms with Crippen LogP contribution in [0.15, 0.2) is 48.9 Å². The van der Waals surface area contributed by atoms with Crippen molar-refractivity contribution in [2.75, 3.05) is 10.6 Å². The monoisotopic (exact) mass is 324 g/mol. The van der Waals surface area contributed by atoms with Crippen LogP contribution in [-0.4, -0.2) is 20.7 Å². The maximum atomic E-state index is 13.7. The van der Waals surface area contributed by atoms with Crippen molar-refractivity contribution in [1.82, 2.24) is 14.5 Å². The van der Waals surface area contributed by atoms with Gasteiger partial charge in [0.1, 0.15) is 11.6 Å². The third-order valence-corrected chi connectivity index (χ3v) is 3.46. The van der Waals surface area contributed by atoms with E-state index in [9.17, 15) is 4.39 Å². The molecule has 0 atom stereocenters. The van der Waals surface area contributed by atoms with E-state index in [-0.39, 0.29) is 12.4 Å². The van der Waals surface area contributed by atoms with Gasteiger partial charge in [0.15, 0.2) is 0 Å². The maximum absolute atomic E-state index is 13.7. The zero-order valence-electron chi connectivity index (χ0n) is 13.1. The standard InChI is InChI=1S/C17H17FN6/c1-24-7-6-14(11-24)22-17-21-10-13(8-19)16(23-17)20-9-12-4-2-3-5-15(12)18/h2-8,10-11,19H,9H2,1H3,(H2,20,21,22,23). The Labute approximate surface area is 138 Å². The number of halogens is 1. The molecule has 6 nitrogen and oxygen atoms in total. The highest BCUT2D eigenvalue weighted by atomic mass is 19.1. The molecule has 0 fully saturated rings. The number of benzene rings is 1. The number of aromatic nitrogens is 3. The van der Waals surface area contributed by atoms with Crippen LogP contribution in [0, 0.1) is 11.2 Å². The summed E-state index contributed by atoms with van der Waals surface area (Å²) in [7, 11) is 1.92. The summed E-state index contributed by atoms with van der Waals surface area (Å²) < 4.78 is 15.6. The highest BCUT2D eigenvalue weighted by molar-refractivity contribution is 5.84. The van der Waals surface area contributed by atoms with Crippen molar-refractivity contribution in [1.29, 1.82) is 5.41 Å². The van der Waals surface area contributed by atoms with Gasteiger partial charge in [-0.15, -0.1) is 0 Å². The Bertz CT molecular complexity index is 858. The quantitative estimate of drug-likeness (QED) is 0.608. The van der Waals surface area contributed by atoms with E-state index in [4.69, 9.17) is 5.41 Å². The maximum Gasteiger partial charge on any atom is 0.229 e. The summed E-state index contributed by atoms with van der Waals surface area (Å²) in [6, 6.07) is 8.45. The smallest absolute Gasteiger partial charge is 0.229 e. The van der Waals surface area contributed by atoms with Gasteiger partial charge in [0, 0.05) is 44.0 Å². The molecule has 0 saturated heterocycles. The van der Waals surface area contributed by atoms with E-state index in [0.29, 0.717) is 22.9 Å². The summed E-state index contributed by atoms with van der Waals surface area (Å²) in [6.45, 7) is 0.273. The number of rotatable bonds is 6. The largest absolute Gasteiger partial charge is 0.365 e. The van der Waals surface area contributed by atoms with Crippen molar-refractivity contribution >= 4 is 23.7 Å². The molecule has 1 aromatic carbocycles. The zero-order chi connectivity index (χ0) is 16.9. The molecule has 0 aliphatic rings. The van der Waals surface area contributed by atoms with E-state index < -0.39 is 0 Å². The molecular weight excluding hydrogens is 307 g/mol. The van der Waals surface area contributed by atoms with Gasteiger partial charge in [0.2, 0.25) is 5.95 Å². The molecule has 0 unspecified atom stereocenters. The number of hydrogen-bond donors (Lipinski definition) is 3. The first-order chi connectivity index (χ1) is 11.7. The Hall–Kier alpha value is -3.22. The summed E-state index contributed by atoms with van der Waals surface area (Å²) in [5.41, 5.74) is 1.93. The molecule has 2 heterocycles. The van der Waals surface area contributed by atoms with Gasteiger partial charge >= 0.3 is 0 Å². The average molecular weight is 324 g/mol. The number of nitrogens with zero attached hydrogens (tertiary/aromatic N) is 3. The van der Waals surface area contributed by atoms with Gasteiger partial charge in [0.25, 0.3) is 0 Å². The van der Waals surface area contributed by atoms with Crippen molar-refractivity contribution in [3.05, 3.63) is 65.9 Å². The Morgan fingerprint density at radius 3 is 2.83 bits per heavy atom. The van der Waals surface area contributed by atoms with Gasteiger partial charge in [-0.1, -0.05) is 18.2 Å². The lowest BCUT2D eigenvalue weighted by molar-refractivity contribution is 0.613. The van der Waals surface area contributed by atoms with Gasteiger partial charge < -0.3 is 20.6 Å². The molecule has 3 rings (SSSR count). The van der Waals surface area contributed by atoms with E-state index in [2.05, 4.69) is 20.6 Å². The Morgan fingerprint density at radius 1 is 1.29 bits per heavy atom. The van der Waals surface area contributed by atoms with Gasteiger partial charge in [-0.25, -0.2) is 9.37 Å². The van der Waals surface area contributed by atoms with Crippen molar-refractivity contribution in [2.24, 2.45) is 7.05 Å². The Balaban J connectivity index is 1.79. The van der Waals surface area contributed by atoms with E-state index in [1.165, 1.54) is 6.07 Å². The van der Waals surface area contributed by atoms with Crippen LogP contribution in [-0.2, 0) is 13.6 Å². The van der Waals surface area contributed by atoms with Gasteiger partial charge in [0.05, 0.1) is 11.3 Å². The fraction of sp³-hybridized carbons (Fsp3) is 0.118. The number of hydrogen-bond acceptors (Lipinski definition) is 5. The Kier molecular flexibility index (Phi) is 4.51. The normalized spacial score (nSPS) is 10.4. The molecule has 0 spiro atoms. The summed E-state index contributed by atoms with van der Waals surface area (Å²) >= 11 is 0. The molecule has 0 amide bonds. The van der Waals surface area contributed by atoms with Crippen LogP contribution in [0.1, 0.15) is 11.1 Å². The second-order valence-corrected chi connectivity index (χ2v) is 5.28. The van der Waals surface area contributed by atoms with Crippen molar-refractivity contribution in [3.63, 3.8) is 0 Å². The van der Waals surface area contributed by atoms with E-state index in [1.807, 2.05) is 30.1 Å². The number of nitrogens with one attached hydrogen (secondary N) is 3. The highest BCUT2D eigenvalue weighted by Gasteiger charge is 2.08. The lowest BCUT2D eigenvalue weighted by Gasteiger charge is -2.11. The lowest BCUT2D eigenvalue weighted by Crippen LogP contribution is -2.08. The molecule has 7 heteroatoms. The predicted molar refractivity (Wildman–Crippen MR) is 92.3 cm³/mol. The number of anilines is 3. The van der Waals surface area contributed by atoms with Crippen LogP contribution in [0.4, 0.5) is 21.8 Å². The van der Waals surface area contributed by atoms with Crippen molar-refractivity contribution < 1.29 is 4.39 Å². The first-order valence-corrected chi connectivity index (χ1v) is 7.39. The minimum absolute atomic E-state index is 0.273. The first-order valence-electron chi connectivity index (χ1n) is 7.39. The molecule has 0 saturated carbocycles. The van der Waals surface area contributed by atoms with Crippen molar-refractivity contribution in [3.8, 4) is 0 Å². The number of aryl methyl sites for hydroxylation is 1. The van der Waals surface area contributed by atoms with E-state index >= 15 is 0 Å². The topological polar surface area (TPSA) is 78.6 Å². The van der Waals surface area contributed by atoms with Gasteiger partial charge in [-0.05, 0) is 12.1 Å². The first kappa shape index (κ1) is 15.7. The summed E-state index contributed by atoms with van der Waals surface area (Å²) in [6.07, 6.45) is 6.52. The molecule has 0 aliphatic heterocycles. The minimum atomic E-state index is -0.280. The van der Waals surface area contributed by atoms with Crippen LogP contribution in [0.3, 0.4) is 0 Å². The van der Waals surface area contributed by atoms with Crippen LogP contribution in [0.25, 0.3) is 0 Å². The SMILES string of the molecule is Cn1ccc(Nc2ncc(C=N)c(NCc3ccccc3F)n2)c1. The summed E-state index contributed by atoms with van der Waals surface area (Å²) in [4.78, 5) is 8.57. The molecule has 3 N–H and O–H groups in total. The third kappa shape index (κ3) is 3.57. The van der Waals surface area contributed by atoms with Crippen LogP contribution >= 0.6 is 0 Å². The lowest BCUT2D eigenvalue weighted by atomic mass is 10.2. The fourth-order valence-corrected chi connectivity index (χ4v) is 2.23. The van der Waals surface area contributed by atoms with Crippen molar-refractivity contribution in [2.45, 2.75) is 6.54 Å².